The third-order valence-electron chi connectivity index (χ3n) is 4.12. The minimum absolute atomic E-state index is 0.106. The summed E-state index contributed by atoms with van der Waals surface area (Å²) in [6.45, 7) is 6.37. The van der Waals surface area contributed by atoms with E-state index in [-0.39, 0.29) is 17.2 Å². The van der Waals surface area contributed by atoms with Crippen LogP contribution in [-0.4, -0.2) is 43.5 Å². The molecule has 0 saturated carbocycles. The number of nitrogens with one attached hydrogen (secondary N) is 2. The van der Waals surface area contributed by atoms with Gasteiger partial charge in [0.25, 0.3) is 0 Å². The topological polar surface area (TPSA) is 67.4 Å². The molecule has 0 aliphatic heterocycles. The van der Waals surface area contributed by atoms with Gasteiger partial charge in [-0.2, -0.15) is 11.8 Å². The molecule has 0 radical (unpaired) electrons. The third kappa shape index (κ3) is 6.61. The second kappa shape index (κ2) is 10.3. The fourth-order valence-corrected chi connectivity index (χ4v) is 3.00. The first-order chi connectivity index (χ1) is 11.9. The molecule has 140 valence electrons. The lowest BCUT2D eigenvalue weighted by Crippen LogP contribution is -2.49. The van der Waals surface area contributed by atoms with Gasteiger partial charge in [0.05, 0.1) is 7.11 Å². The van der Waals surface area contributed by atoms with Gasteiger partial charge in [-0.3, -0.25) is 9.59 Å². The van der Waals surface area contributed by atoms with Crippen LogP contribution in [0, 0.1) is 0 Å². The van der Waals surface area contributed by atoms with Gasteiger partial charge in [0.2, 0.25) is 11.8 Å². The molecule has 2 amide bonds. The Balaban J connectivity index is 2.77. The second-order valence-electron chi connectivity index (χ2n) is 6.56. The summed E-state index contributed by atoms with van der Waals surface area (Å²) in [6, 6.07) is 7.32. The number of carbonyl (C=O) groups excluding carboxylic acids is 2. The van der Waals surface area contributed by atoms with Crippen molar-refractivity contribution in [1.29, 1.82) is 0 Å². The van der Waals surface area contributed by atoms with Crippen molar-refractivity contribution in [2.24, 2.45) is 0 Å². The highest BCUT2D eigenvalue weighted by atomic mass is 32.2. The predicted octanol–water partition coefficient (Wildman–Crippen LogP) is 2.74. The fraction of sp³-hybridized carbons (Fsp3) is 0.579. The number of amides is 2. The Bertz CT molecular complexity index is 576. The zero-order valence-corrected chi connectivity index (χ0v) is 16.7. The van der Waals surface area contributed by atoms with Gasteiger partial charge in [-0.1, -0.05) is 39.0 Å². The first-order valence-corrected chi connectivity index (χ1v) is 9.94. The minimum Gasteiger partial charge on any atom is -0.496 e. The first kappa shape index (κ1) is 21.4. The molecule has 1 atom stereocenters. The van der Waals surface area contributed by atoms with E-state index in [1.165, 1.54) is 0 Å². The van der Waals surface area contributed by atoms with Crippen molar-refractivity contribution < 1.29 is 14.3 Å². The van der Waals surface area contributed by atoms with Gasteiger partial charge >= 0.3 is 0 Å². The van der Waals surface area contributed by atoms with Crippen LogP contribution in [0.1, 0.15) is 39.2 Å². The van der Waals surface area contributed by atoms with Gasteiger partial charge < -0.3 is 15.4 Å². The Kier molecular flexibility index (Phi) is 8.83. The molecule has 25 heavy (non-hydrogen) atoms. The predicted molar refractivity (Wildman–Crippen MR) is 104 cm³/mol. The lowest BCUT2D eigenvalue weighted by Gasteiger charge is -2.28. The molecule has 5 nitrogen and oxygen atoms in total. The number of carbonyl (C=O) groups is 2. The van der Waals surface area contributed by atoms with E-state index in [1.54, 1.807) is 25.8 Å². The van der Waals surface area contributed by atoms with Gasteiger partial charge in [-0.05, 0) is 24.5 Å². The zero-order valence-electron chi connectivity index (χ0n) is 15.8. The molecule has 0 aliphatic rings. The first-order valence-electron chi connectivity index (χ1n) is 8.55. The standard InChI is InChI=1S/C19H30N2O3S/c1-6-17(22)21-15(11-12-25-5)18(23)20-13-19(2,3)14-9-7-8-10-16(14)24-4/h7-10,15H,6,11-13H2,1-5H3,(H,20,23)(H,21,22). The Labute approximate surface area is 155 Å². The number of hydrogen-bond acceptors (Lipinski definition) is 4. The van der Waals surface area contributed by atoms with Gasteiger partial charge in [0, 0.05) is 23.9 Å². The molecule has 2 N–H and O–H groups in total. The maximum absolute atomic E-state index is 12.6. The van der Waals surface area contributed by atoms with E-state index in [0.29, 0.717) is 19.4 Å². The van der Waals surface area contributed by atoms with Crippen LogP contribution in [0.4, 0.5) is 0 Å². The quantitative estimate of drug-likeness (QED) is 0.668. The number of methoxy groups -OCH3 is 1. The summed E-state index contributed by atoms with van der Waals surface area (Å²) < 4.78 is 5.43. The largest absolute Gasteiger partial charge is 0.496 e. The summed E-state index contributed by atoms with van der Waals surface area (Å²) in [5.74, 6) is 1.38. The number of ether oxygens (including phenoxy) is 1. The van der Waals surface area contributed by atoms with E-state index >= 15 is 0 Å². The summed E-state index contributed by atoms with van der Waals surface area (Å²) in [5.41, 5.74) is 0.747. The summed E-state index contributed by atoms with van der Waals surface area (Å²) in [5, 5.41) is 5.80. The van der Waals surface area contributed by atoms with E-state index in [4.69, 9.17) is 4.74 Å². The summed E-state index contributed by atoms with van der Waals surface area (Å²) in [6.07, 6.45) is 2.98. The van der Waals surface area contributed by atoms with Gasteiger partial charge in [-0.15, -0.1) is 0 Å². The molecule has 6 heteroatoms. The Morgan fingerprint density at radius 1 is 1.28 bits per heavy atom. The van der Waals surface area contributed by atoms with E-state index < -0.39 is 6.04 Å². The molecule has 0 spiro atoms. The van der Waals surface area contributed by atoms with E-state index in [2.05, 4.69) is 24.5 Å². The van der Waals surface area contributed by atoms with Crippen molar-refractivity contribution in [2.45, 2.75) is 45.1 Å². The van der Waals surface area contributed by atoms with Crippen LogP contribution in [0.3, 0.4) is 0 Å². The normalized spacial score (nSPS) is 12.4. The highest BCUT2D eigenvalue weighted by molar-refractivity contribution is 7.98. The fourth-order valence-electron chi connectivity index (χ4n) is 2.53. The summed E-state index contributed by atoms with van der Waals surface area (Å²) in [7, 11) is 1.65. The van der Waals surface area contributed by atoms with Crippen LogP contribution in [0.15, 0.2) is 24.3 Å². The second-order valence-corrected chi connectivity index (χ2v) is 7.54. The average Bonchev–Trinajstić information content (AvgIpc) is 2.62. The number of benzene rings is 1. The average molecular weight is 367 g/mol. The van der Waals surface area contributed by atoms with Crippen LogP contribution in [0.25, 0.3) is 0 Å². The van der Waals surface area contributed by atoms with Crippen LogP contribution in [-0.2, 0) is 15.0 Å². The van der Waals surface area contributed by atoms with Crippen LogP contribution in [0.2, 0.25) is 0 Å². The summed E-state index contributed by atoms with van der Waals surface area (Å²) >= 11 is 1.66. The maximum atomic E-state index is 12.6. The zero-order chi connectivity index (χ0) is 18.9. The molecule has 1 aromatic carbocycles. The van der Waals surface area contributed by atoms with E-state index in [1.807, 2.05) is 30.5 Å². The molecular weight excluding hydrogens is 336 g/mol. The maximum Gasteiger partial charge on any atom is 0.242 e. The van der Waals surface area contributed by atoms with Crippen molar-refractivity contribution in [1.82, 2.24) is 10.6 Å². The number of thioether (sulfide) groups is 1. The third-order valence-corrected chi connectivity index (χ3v) is 4.77. The van der Waals surface area contributed by atoms with Crippen molar-refractivity contribution in [2.75, 3.05) is 25.7 Å². The van der Waals surface area contributed by atoms with Crippen molar-refractivity contribution in [3.05, 3.63) is 29.8 Å². The monoisotopic (exact) mass is 366 g/mol. The number of hydrogen-bond donors (Lipinski definition) is 2. The molecule has 1 aromatic rings. The molecule has 0 saturated heterocycles. The highest BCUT2D eigenvalue weighted by Gasteiger charge is 2.27. The molecule has 0 aromatic heterocycles. The van der Waals surface area contributed by atoms with E-state index in [0.717, 1.165) is 17.1 Å². The Hall–Kier alpha value is -1.69. The van der Waals surface area contributed by atoms with Crippen LogP contribution >= 0.6 is 11.8 Å². The molecule has 1 unspecified atom stereocenters. The van der Waals surface area contributed by atoms with Gasteiger partial charge in [0.1, 0.15) is 11.8 Å². The molecule has 0 bridgehead atoms. The van der Waals surface area contributed by atoms with Gasteiger partial charge in [0.15, 0.2) is 0 Å². The van der Waals surface area contributed by atoms with Crippen molar-refractivity contribution in [3.8, 4) is 5.75 Å². The van der Waals surface area contributed by atoms with Crippen LogP contribution < -0.4 is 15.4 Å². The molecule has 0 fully saturated rings. The Morgan fingerprint density at radius 3 is 2.56 bits per heavy atom. The van der Waals surface area contributed by atoms with Crippen LogP contribution in [0.5, 0.6) is 5.75 Å². The van der Waals surface area contributed by atoms with Gasteiger partial charge in [-0.25, -0.2) is 0 Å². The lowest BCUT2D eigenvalue weighted by atomic mass is 9.84. The van der Waals surface area contributed by atoms with E-state index in [9.17, 15) is 9.59 Å². The lowest BCUT2D eigenvalue weighted by molar-refractivity contribution is -0.129. The number of rotatable bonds is 10. The SMILES string of the molecule is CCC(=O)NC(CCSC)C(=O)NCC(C)(C)c1ccccc1OC. The molecule has 0 aliphatic carbocycles. The number of para-hydroxylation sites is 1. The summed E-state index contributed by atoms with van der Waals surface area (Å²) in [4.78, 5) is 24.2. The van der Waals surface area contributed by atoms with Crippen molar-refractivity contribution in [3.63, 3.8) is 0 Å². The smallest absolute Gasteiger partial charge is 0.242 e. The van der Waals surface area contributed by atoms with Crippen molar-refractivity contribution >= 4 is 23.6 Å². The molecular formula is C19H30N2O3S. The Morgan fingerprint density at radius 2 is 1.96 bits per heavy atom. The minimum atomic E-state index is -0.492. The highest BCUT2D eigenvalue weighted by Crippen LogP contribution is 2.30. The molecule has 0 heterocycles. The molecule has 1 rings (SSSR count).